The van der Waals surface area contributed by atoms with Crippen molar-refractivity contribution in [2.24, 2.45) is 5.41 Å². The molecule has 2 aliphatic heterocycles. The Morgan fingerprint density at radius 3 is 2.25 bits per heavy atom. The van der Waals surface area contributed by atoms with Crippen molar-refractivity contribution in [1.29, 1.82) is 0 Å². The third-order valence-electron chi connectivity index (χ3n) is 6.42. The molecule has 2 saturated heterocycles. The Morgan fingerprint density at radius 2 is 1.67 bits per heavy atom. The van der Waals surface area contributed by atoms with E-state index in [-0.39, 0.29) is 0 Å². The minimum absolute atomic E-state index is 0.363. The van der Waals surface area contributed by atoms with Crippen LogP contribution in [0.2, 0.25) is 0 Å². The number of nitrogens with zero attached hydrogens (tertiary/aromatic N) is 1. The van der Waals surface area contributed by atoms with E-state index >= 15 is 0 Å². The highest BCUT2D eigenvalue weighted by atomic mass is 32.2. The monoisotopic (exact) mass is 353 g/mol. The summed E-state index contributed by atoms with van der Waals surface area (Å²) in [4.78, 5) is 2.62. The number of piperidine rings is 1. The van der Waals surface area contributed by atoms with E-state index in [1.54, 1.807) is 6.07 Å². The molecule has 0 radical (unpaired) electrons. The number of likely N-dealkylation sites (tertiary alicyclic amines) is 1. The van der Waals surface area contributed by atoms with E-state index in [0.29, 0.717) is 17.4 Å². The third kappa shape index (κ3) is 3.17. The standard InChI is InChI=1S/C19H25F2NOS/c20-17-6-3-15(11-18(17)21)14-1-4-16(5-2-14)22-9-7-19(8-10-22)12-24(23)13-19/h3,6,11,14,16H,1-2,4-5,7-10,12-13H2. The highest BCUT2D eigenvalue weighted by Crippen LogP contribution is 2.42. The second-order valence-corrected chi connectivity index (χ2v) is 9.40. The molecule has 1 saturated carbocycles. The molecule has 132 valence electrons. The van der Waals surface area contributed by atoms with Crippen LogP contribution in [-0.2, 0) is 10.8 Å². The summed E-state index contributed by atoms with van der Waals surface area (Å²) in [7, 11) is -0.550. The molecule has 1 spiro atoms. The summed E-state index contributed by atoms with van der Waals surface area (Å²) in [6, 6.07) is 5.00. The molecule has 0 N–H and O–H groups in total. The van der Waals surface area contributed by atoms with Crippen LogP contribution in [0.25, 0.3) is 0 Å². The molecular weight excluding hydrogens is 328 g/mol. The van der Waals surface area contributed by atoms with Crippen molar-refractivity contribution in [3.05, 3.63) is 35.4 Å². The van der Waals surface area contributed by atoms with E-state index in [2.05, 4.69) is 4.90 Å². The zero-order valence-electron chi connectivity index (χ0n) is 14.0. The zero-order valence-corrected chi connectivity index (χ0v) is 14.8. The first-order valence-electron chi connectivity index (χ1n) is 9.09. The topological polar surface area (TPSA) is 20.3 Å². The van der Waals surface area contributed by atoms with Crippen LogP contribution in [-0.4, -0.2) is 39.7 Å². The first-order chi connectivity index (χ1) is 11.5. The first kappa shape index (κ1) is 16.6. The van der Waals surface area contributed by atoms with Crippen molar-refractivity contribution >= 4 is 10.8 Å². The first-order valence-corrected chi connectivity index (χ1v) is 10.6. The summed E-state index contributed by atoms with van der Waals surface area (Å²) in [5.41, 5.74) is 1.34. The van der Waals surface area contributed by atoms with Crippen LogP contribution in [0.5, 0.6) is 0 Å². The molecule has 0 amide bonds. The van der Waals surface area contributed by atoms with Gasteiger partial charge in [0.05, 0.1) is 0 Å². The molecule has 2 heterocycles. The summed E-state index contributed by atoms with van der Waals surface area (Å²) < 4.78 is 37.9. The van der Waals surface area contributed by atoms with Crippen LogP contribution in [0.15, 0.2) is 18.2 Å². The molecule has 0 bridgehead atoms. The molecule has 5 heteroatoms. The minimum atomic E-state index is -0.758. The highest BCUT2D eigenvalue weighted by molar-refractivity contribution is 7.86. The summed E-state index contributed by atoms with van der Waals surface area (Å²) in [5.74, 6) is 0.718. The second-order valence-electron chi connectivity index (χ2n) is 7.94. The molecule has 1 aromatic carbocycles. The fourth-order valence-electron chi connectivity index (χ4n) is 4.83. The van der Waals surface area contributed by atoms with Gasteiger partial charge in [0, 0.05) is 28.3 Å². The summed E-state index contributed by atoms with van der Waals surface area (Å²) >= 11 is 0. The normalized spacial score (nSPS) is 31.1. The van der Waals surface area contributed by atoms with Gasteiger partial charge in [-0.2, -0.15) is 0 Å². The van der Waals surface area contributed by atoms with Crippen molar-refractivity contribution in [2.75, 3.05) is 24.6 Å². The number of rotatable bonds is 2. The Balaban J connectivity index is 1.30. The SMILES string of the molecule is O=S1CC2(CCN(C3CCC(c4ccc(F)c(F)c4)CC3)CC2)C1. The Bertz CT molecular complexity index is 624. The number of hydrogen-bond donors (Lipinski definition) is 0. The van der Waals surface area contributed by atoms with Gasteiger partial charge in [-0.3, -0.25) is 4.21 Å². The molecule has 3 aliphatic rings. The maximum Gasteiger partial charge on any atom is 0.159 e. The van der Waals surface area contributed by atoms with Gasteiger partial charge >= 0.3 is 0 Å². The predicted molar refractivity (Wildman–Crippen MR) is 92.5 cm³/mol. The van der Waals surface area contributed by atoms with Crippen LogP contribution in [0.4, 0.5) is 8.78 Å². The molecule has 0 unspecified atom stereocenters. The summed E-state index contributed by atoms with van der Waals surface area (Å²) in [6.07, 6.45) is 6.79. The van der Waals surface area contributed by atoms with Crippen LogP contribution in [0.1, 0.15) is 50.0 Å². The lowest BCUT2D eigenvalue weighted by Crippen LogP contribution is -2.54. The minimum Gasteiger partial charge on any atom is -0.300 e. The fourth-order valence-corrected chi connectivity index (χ4v) is 6.69. The molecule has 2 nitrogen and oxygen atoms in total. The van der Waals surface area contributed by atoms with Crippen molar-refractivity contribution in [3.63, 3.8) is 0 Å². The zero-order chi connectivity index (χ0) is 16.7. The van der Waals surface area contributed by atoms with E-state index < -0.39 is 22.4 Å². The van der Waals surface area contributed by atoms with Gasteiger partial charge in [-0.1, -0.05) is 6.07 Å². The van der Waals surface area contributed by atoms with Gasteiger partial charge < -0.3 is 4.90 Å². The van der Waals surface area contributed by atoms with Gasteiger partial charge in [0.25, 0.3) is 0 Å². The van der Waals surface area contributed by atoms with Crippen LogP contribution < -0.4 is 0 Å². The van der Waals surface area contributed by atoms with Crippen molar-refractivity contribution < 1.29 is 13.0 Å². The number of hydrogen-bond acceptors (Lipinski definition) is 2. The summed E-state index contributed by atoms with van der Waals surface area (Å²) in [5, 5.41) is 0. The fraction of sp³-hybridized carbons (Fsp3) is 0.684. The van der Waals surface area contributed by atoms with Gasteiger partial charge in [0.2, 0.25) is 0 Å². The lowest BCUT2D eigenvalue weighted by Gasteiger charge is -2.49. The molecule has 0 aromatic heterocycles. The van der Waals surface area contributed by atoms with Crippen LogP contribution in [0, 0.1) is 17.0 Å². The molecule has 24 heavy (non-hydrogen) atoms. The molecule has 3 fully saturated rings. The van der Waals surface area contributed by atoms with Crippen molar-refractivity contribution in [2.45, 2.75) is 50.5 Å². The maximum atomic E-state index is 13.4. The lowest BCUT2D eigenvalue weighted by molar-refractivity contribution is 0.0711. The molecule has 0 atom stereocenters. The molecular formula is C19H25F2NOS. The van der Waals surface area contributed by atoms with Gasteiger partial charge in [0.15, 0.2) is 11.6 Å². The average molecular weight is 353 g/mol. The van der Waals surface area contributed by atoms with Gasteiger partial charge in [-0.25, -0.2) is 8.78 Å². The van der Waals surface area contributed by atoms with E-state index in [1.807, 2.05) is 0 Å². The van der Waals surface area contributed by atoms with Gasteiger partial charge in [-0.05, 0) is 80.6 Å². The Morgan fingerprint density at radius 1 is 1.00 bits per heavy atom. The maximum absolute atomic E-state index is 13.4. The molecule has 1 aliphatic carbocycles. The Labute approximate surface area is 145 Å². The predicted octanol–water partition coefficient (Wildman–Crippen LogP) is 3.84. The Kier molecular flexibility index (Phi) is 4.50. The lowest BCUT2D eigenvalue weighted by atomic mass is 9.78. The van der Waals surface area contributed by atoms with E-state index in [4.69, 9.17) is 0 Å². The highest BCUT2D eigenvalue weighted by Gasteiger charge is 2.45. The van der Waals surface area contributed by atoms with E-state index in [1.165, 1.54) is 25.0 Å². The van der Waals surface area contributed by atoms with Gasteiger partial charge in [0.1, 0.15) is 0 Å². The summed E-state index contributed by atoms with van der Waals surface area (Å²) in [6.45, 7) is 2.27. The van der Waals surface area contributed by atoms with Crippen LogP contribution in [0.3, 0.4) is 0 Å². The van der Waals surface area contributed by atoms with Gasteiger partial charge in [-0.15, -0.1) is 0 Å². The van der Waals surface area contributed by atoms with Crippen LogP contribution >= 0.6 is 0 Å². The van der Waals surface area contributed by atoms with E-state index in [0.717, 1.165) is 55.8 Å². The second kappa shape index (κ2) is 6.49. The molecule has 4 rings (SSSR count). The Hall–Kier alpha value is -0.810. The van der Waals surface area contributed by atoms with Crippen molar-refractivity contribution in [3.8, 4) is 0 Å². The largest absolute Gasteiger partial charge is 0.300 e. The number of halogens is 2. The number of benzene rings is 1. The smallest absolute Gasteiger partial charge is 0.159 e. The molecule has 1 aromatic rings. The third-order valence-corrected chi connectivity index (χ3v) is 8.29. The van der Waals surface area contributed by atoms with E-state index in [9.17, 15) is 13.0 Å². The van der Waals surface area contributed by atoms with Crippen molar-refractivity contribution in [1.82, 2.24) is 4.90 Å². The average Bonchev–Trinajstić information content (AvgIpc) is 2.57. The quantitative estimate of drug-likeness (QED) is 0.805.